The fraction of sp³-hybridized carbons (Fsp3) is 0.469. The Morgan fingerprint density at radius 2 is 1.67 bits per heavy atom. The minimum Gasteiger partial charge on any atom is -0.339 e. The maximum atomic E-state index is 13.4. The smallest absolute Gasteiger partial charge is 0.253 e. The number of rotatable bonds is 7. The van der Waals surface area contributed by atoms with E-state index < -0.39 is 0 Å². The van der Waals surface area contributed by atoms with E-state index in [1.807, 2.05) is 54.1 Å². The first-order valence-corrected chi connectivity index (χ1v) is 14.4. The predicted octanol–water partition coefficient (Wildman–Crippen LogP) is 5.48. The van der Waals surface area contributed by atoms with Crippen LogP contribution in [0.3, 0.4) is 0 Å². The number of anilines is 1. The van der Waals surface area contributed by atoms with Gasteiger partial charge in [-0.15, -0.1) is 0 Å². The summed E-state index contributed by atoms with van der Waals surface area (Å²) in [5, 5.41) is 7.40. The average Bonchev–Trinajstić information content (AvgIpc) is 3.41. The third-order valence-corrected chi connectivity index (χ3v) is 8.44. The lowest BCUT2D eigenvalue weighted by atomic mass is 9.88. The normalized spacial score (nSPS) is 17.4. The highest BCUT2D eigenvalue weighted by Gasteiger charge is 2.27. The Balaban J connectivity index is 1.16. The molecule has 1 aromatic heterocycles. The summed E-state index contributed by atoms with van der Waals surface area (Å²) in [6.07, 6.45) is 8.74. The van der Waals surface area contributed by atoms with Crippen molar-refractivity contribution in [3.8, 4) is 11.1 Å². The lowest BCUT2D eigenvalue weighted by molar-refractivity contribution is -0.121. The lowest BCUT2D eigenvalue weighted by Crippen LogP contribution is -2.38. The first kappa shape index (κ1) is 27.1. The monoisotopic (exact) mass is 527 g/mol. The number of hydrogen-bond donors (Lipinski definition) is 1. The van der Waals surface area contributed by atoms with E-state index in [2.05, 4.69) is 46.5 Å². The van der Waals surface area contributed by atoms with E-state index in [4.69, 9.17) is 0 Å². The van der Waals surface area contributed by atoms with Crippen LogP contribution < -0.4 is 5.32 Å². The molecule has 0 spiro atoms. The maximum Gasteiger partial charge on any atom is 0.253 e. The van der Waals surface area contributed by atoms with Gasteiger partial charge in [-0.3, -0.25) is 14.3 Å². The summed E-state index contributed by atoms with van der Waals surface area (Å²) in [6, 6.07) is 14.5. The Bertz CT molecular complexity index is 1280. The topological polar surface area (TPSA) is 70.5 Å². The van der Waals surface area contributed by atoms with Crippen molar-refractivity contribution in [2.75, 3.05) is 38.0 Å². The molecule has 7 nitrogen and oxygen atoms in total. The number of likely N-dealkylation sites (tertiary alicyclic amines) is 2. The zero-order chi connectivity index (χ0) is 27.4. The fourth-order valence-corrected chi connectivity index (χ4v) is 5.98. The first-order valence-electron chi connectivity index (χ1n) is 14.4. The van der Waals surface area contributed by atoms with Gasteiger partial charge >= 0.3 is 0 Å². The van der Waals surface area contributed by atoms with Crippen LogP contribution in [0.4, 0.5) is 5.69 Å². The van der Waals surface area contributed by atoms with Crippen molar-refractivity contribution in [3.63, 3.8) is 0 Å². The van der Waals surface area contributed by atoms with Crippen molar-refractivity contribution in [2.24, 2.45) is 13.0 Å². The second kappa shape index (κ2) is 12.2. The van der Waals surface area contributed by atoms with Gasteiger partial charge in [-0.05, 0) is 93.4 Å². The highest BCUT2D eigenvalue weighted by Crippen LogP contribution is 2.31. The number of benzene rings is 2. The molecule has 2 fully saturated rings. The third kappa shape index (κ3) is 6.41. The molecule has 2 aliphatic heterocycles. The molecule has 2 aromatic carbocycles. The molecule has 2 aliphatic rings. The molecular formula is C32H41N5O2. The molecule has 7 heteroatoms. The van der Waals surface area contributed by atoms with Crippen LogP contribution in [-0.4, -0.2) is 64.1 Å². The number of piperidine rings is 2. The molecule has 0 unspecified atom stereocenters. The number of hydrogen-bond acceptors (Lipinski definition) is 4. The molecule has 0 saturated carbocycles. The zero-order valence-corrected chi connectivity index (χ0v) is 23.5. The Morgan fingerprint density at radius 1 is 0.949 bits per heavy atom. The van der Waals surface area contributed by atoms with Crippen LogP contribution in [0, 0.1) is 12.8 Å². The van der Waals surface area contributed by atoms with Crippen LogP contribution >= 0.6 is 0 Å². The molecular weight excluding hydrogens is 486 g/mol. The molecule has 3 aromatic rings. The van der Waals surface area contributed by atoms with Gasteiger partial charge in [0.1, 0.15) is 0 Å². The standard InChI is InChI=1S/C32H41N5O2/c1-4-15-36-16-11-27(12-17-36)31(38)34-30-20-28(6-5-23(30)2)32(39)37-18-13-26(14-19-37)24-7-9-25(10-8-24)29-21-33-35(3)22-29/h5-10,20-22,26-27H,4,11-19H2,1-3H3,(H,34,38). The van der Waals surface area contributed by atoms with E-state index in [9.17, 15) is 9.59 Å². The summed E-state index contributed by atoms with van der Waals surface area (Å²) in [5.41, 5.74) is 6.00. The van der Waals surface area contributed by atoms with E-state index in [-0.39, 0.29) is 17.7 Å². The van der Waals surface area contributed by atoms with Crippen LogP contribution in [0.15, 0.2) is 54.9 Å². The number of carbonyl (C=O) groups is 2. The third-order valence-electron chi connectivity index (χ3n) is 8.44. The highest BCUT2D eigenvalue weighted by atomic mass is 16.2. The Kier molecular flexibility index (Phi) is 8.46. The van der Waals surface area contributed by atoms with Gasteiger partial charge in [0, 0.05) is 49.1 Å². The summed E-state index contributed by atoms with van der Waals surface area (Å²) >= 11 is 0. The van der Waals surface area contributed by atoms with E-state index in [0.717, 1.165) is 81.6 Å². The maximum absolute atomic E-state index is 13.4. The van der Waals surface area contributed by atoms with Crippen LogP contribution in [0.5, 0.6) is 0 Å². The van der Waals surface area contributed by atoms with Gasteiger partial charge in [0.15, 0.2) is 0 Å². The molecule has 0 radical (unpaired) electrons. The molecule has 3 heterocycles. The van der Waals surface area contributed by atoms with Crippen LogP contribution in [-0.2, 0) is 11.8 Å². The van der Waals surface area contributed by atoms with Gasteiger partial charge in [-0.25, -0.2) is 0 Å². The number of nitrogens with zero attached hydrogens (tertiary/aromatic N) is 4. The predicted molar refractivity (Wildman–Crippen MR) is 156 cm³/mol. The molecule has 5 rings (SSSR count). The van der Waals surface area contributed by atoms with Crippen molar-refractivity contribution in [3.05, 3.63) is 71.5 Å². The quantitative estimate of drug-likeness (QED) is 0.442. The van der Waals surface area contributed by atoms with Crippen molar-refractivity contribution in [2.45, 2.75) is 51.9 Å². The van der Waals surface area contributed by atoms with E-state index in [0.29, 0.717) is 11.5 Å². The number of aromatic nitrogens is 2. The van der Waals surface area contributed by atoms with Gasteiger partial charge in [0.25, 0.3) is 5.91 Å². The summed E-state index contributed by atoms with van der Waals surface area (Å²) in [5.74, 6) is 0.612. The van der Waals surface area contributed by atoms with Gasteiger partial charge in [0.2, 0.25) is 5.91 Å². The fourth-order valence-electron chi connectivity index (χ4n) is 5.98. The molecule has 0 bridgehead atoms. The van der Waals surface area contributed by atoms with E-state index >= 15 is 0 Å². The van der Waals surface area contributed by atoms with E-state index in [1.54, 1.807) is 0 Å². The molecule has 1 N–H and O–H groups in total. The Hall–Kier alpha value is -3.45. The van der Waals surface area contributed by atoms with Gasteiger partial charge in [-0.2, -0.15) is 5.10 Å². The van der Waals surface area contributed by atoms with E-state index in [1.165, 1.54) is 11.1 Å². The van der Waals surface area contributed by atoms with Crippen LogP contribution in [0.25, 0.3) is 11.1 Å². The van der Waals surface area contributed by atoms with Gasteiger partial charge in [-0.1, -0.05) is 37.3 Å². The summed E-state index contributed by atoms with van der Waals surface area (Å²) in [4.78, 5) is 30.8. The Labute approximate surface area is 232 Å². The summed E-state index contributed by atoms with van der Waals surface area (Å²) < 4.78 is 1.82. The molecule has 0 atom stereocenters. The number of aryl methyl sites for hydroxylation is 2. The molecule has 0 aliphatic carbocycles. The molecule has 206 valence electrons. The van der Waals surface area contributed by atoms with Crippen molar-refractivity contribution in [1.82, 2.24) is 19.6 Å². The highest BCUT2D eigenvalue weighted by molar-refractivity contribution is 5.98. The average molecular weight is 528 g/mol. The molecule has 39 heavy (non-hydrogen) atoms. The molecule has 2 saturated heterocycles. The lowest BCUT2D eigenvalue weighted by Gasteiger charge is -2.32. The Morgan fingerprint density at radius 3 is 2.31 bits per heavy atom. The van der Waals surface area contributed by atoms with Crippen molar-refractivity contribution < 1.29 is 9.59 Å². The van der Waals surface area contributed by atoms with Crippen LogP contribution in [0.1, 0.15) is 66.4 Å². The number of carbonyl (C=O) groups excluding carboxylic acids is 2. The summed E-state index contributed by atoms with van der Waals surface area (Å²) in [7, 11) is 1.93. The second-order valence-corrected chi connectivity index (χ2v) is 11.2. The minimum atomic E-state index is 0.0364. The second-order valence-electron chi connectivity index (χ2n) is 11.2. The summed E-state index contributed by atoms with van der Waals surface area (Å²) in [6.45, 7) is 8.72. The van der Waals surface area contributed by atoms with Crippen LogP contribution in [0.2, 0.25) is 0 Å². The van der Waals surface area contributed by atoms with Gasteiger partial charge in [0.05, 0.1) is 6.20 Å². The van der Waals surface area contributed by atoms with Gasteiger partial charge < -0.3 is 15.1 Å². The first-order chi connectivity index (χ1) is 18.9. The largest absolute Gasteiger partial charge is 0.339 e. The van der Waals surface area contributed by atoms with Crippen molar-refractivity contribution in [1.29, 1.82) is 0 Å². The SMILES string of the molecule is CCCN1CCC(C(=O)Nc2cc(C(=O)N3CCC(c4ccc(-c5cnn(C)c5)cc4)CC3)ccc2C)CC1. The van der Waals surface area contributed by atoms with Crippen molar-refractivity contribution >= 4 is 17.5 Å². The number of amides is 2. The number of nitrogens with one attached hydrogen (secondary N) is 1. The minimum absolute atomic E-state index is 0.0364. The zero-order valence-electron chi connectivity index (χ0n) is 23.5. The molecule has 2 amide bonds.